The van der Waals surface area contributed by atoms with Crippen LogP contribution in [-0.2, 0) is 11.8 Å². The molecule has 26 heavy (non-hydrogen) atoms. The van der Waals surface area contributed by atoms with E-state index >= 15 is 0 Å². The summed E-state index contributed by atoms with van der Waals surface area (Å²) in [6.45, 7) is 3.24. The van der Waals surface area contributed by atoms with Crippen molar-refractivity contribution < 1.29 is 4.79 Å². The Bertz CT molecular complexity index is 847. The van der Waals surface area contributed by atoms with E-state index in [0.29, 0.717) is 16.0 Å². The largest absolute Gasteiger partial charge is 0.367 e. The number of halogens is 2. The van der Waals surface area contributed by atoms with E-state index in [1.54, 1.807) is 37.5 Å². The van der Waals surface area contributed by atoms with E-state index in [9.17, 15) is 9.59 Å². The molecule has 1 aromatic heterocycles. The van der Waals surface area contributed by atoms with Crippen molar-refractivity contribution in [3.05, 3.63) is 50.3 Å². The SMILES string of the molecule is Cn1ncc(N2CCN(CC(=O)Nc3ccc(Cl)cc3)CC2)c(Br)c1=O. The summed E-state index contributed by atoms with van der Waals surface area (Å²) in [6, 6.07) is 7.04. The van der Waals surface area contributed by atoms with Gasteiger partial charge in [0.05, 0.1) is 18.4 Å². The second kappa shape index (κ2) is 8.20. The number of nitrogens with one attached hydrogen (secondary N) is 1. The van der Waals surface area contributed by atoms with Crippen LogP contribution in [0.25, 0.3) is 0 Å². The Morgan fingerprint density at radius 1 is 1.23 bits per heavy atom. The molecule has 0 bridgehead atoms. The van der Waals surface area contributed by atoms with E-state index in [0.717, 1.165) is 37.6 Å². The number of aryl methyl sites for hydroxylation is 1. The number of anilines is 2. The molecule has 1 N–H and O–H groups in total. The topological polar surface area (TPSA) is 70.5 Å². The van der Waals surface area contributed by atoms with E-state index < -0.39 is 0 Å². The zero-order valence-corrected chi connectivity index (χ0v) is 16.6. The van der Waals surface area contributed by atoms with Crippen molar-refractivity contribution >= 4 is 44.8 Å². The van der Waals surface area contributed by atoms with Gasteiger partial charge in [-0.25, -0.2) is 4.68 Å². The number of aromatic nitrogens is 2. The maximum Gasteiger partial charge on any atom is 0.282 e. The number of carbonyl (C=O) groups is 1. The minimum atomic E-state index is -0.160. The quantitative estimate of drug-likeness (QED) is 0.787. The number of amides is 1. The third kappa shape index (κ3) is 4.44. The second-order valence-corrected chi connectivity index (χ2v) is 7.32. The van der Waals surface area contributed by atoms with Gasteiger partial charge in [0.25, 0.3) is 5.56 Å². The van der Waals surface area contributed by atoms with Crippen LogP contribution in [0.4, 0.5) is 11.4 Å². The number of benzene rings is 1. The smallest absolute Gasteiger partial charge is 0.282 e. The minimum Gasteiger partial charge on any atom is -0.367 e. The summed E-state index contributed by atoms with van der Waals surface area (Å²) in [5.41, 5.74) is 1.36. The maximum absolute atomic E-state index is 12.2. The number of nitrogens with zero attached hydrogens (tertiary/aromatic N) is 4. The van der Waals surface area contributed by atoms with Crippen molar-refractivity contribution in [2.75, 3.05) is 42.9 Å². The van der Waals surface area contributed by atoms with Gasteiger partial charge in [0.15, 0.2) is 0 Å². The summed E-state index contributed by atoms with van der Waals surface area (Å²) in [5, 5.41) is 7.58. The van der Waals surface area contributed by atoms with Crippen LogP contribution in [0.15, 0.2) is 39.7 Å². The third-order valence-electron chi connectivity index (χ3n) is 4.27. The van der Waals surface area contributed by atoms with Crippen molar-refractivity contribution in [2.45, 2.75) is 0 Å². The molecule has 0 atom stereocenters. The minimum absolute atomic E-state index is 0.0581. The molecule has 1 saturated heterocycles. The van der Waals surface area contributed by atoms with Crippen LogP contribution in [0, 0.1) is 0 Å². The molecule has 0 aliphatic carbocycles. The Morgan fingerprint density at radius 2 is 1.88 bits per heavy atom. The molecule has 3 rings (SSSR count). The number of hydrogen-bond acceptors (Lipinski definition) is 5. The molecule has 7 nitrogen and oxygen atoms in total. The van der Waals surface area contributed by atoms with Gasteiger partial charge in [-0.3, -0.25) is 14.5 Å². The summed E-state index contributed by atoms with van der Waals surface area (Å²) in [4.78, 5) is 28.4. The van der Waals surface area contributed by atoms with E-state index in [-0.39, 0.29) is 11.5 Å². The number of carbonyl (C=O) groups excluding carboxylic acids is 1. The lowest BCUT2D eigenvalue weighted by molar-refractivity contribution is -0.117. The lowest BCUT2D eigenvalue weighted by Crippen LogP contribution is -2.49. The Kier molecular flexibility index (Phi) is 5.95. The van der Waals surface area contributed by atoms with Gasteiger partial charge in [-0.1, -0.05) is 11.6 Å². The first-order chi connectivity index (χ1) is 12.4. The van der Waals surface area contributed by atoms with Gasteiger partial charge in [0.1, 0.15) is 4.47 Å². The van der Waals surface area contributed by atoms with Gasteiger partial charge in [-0.15, -0.1) is 0 Å². The molecular formula is C17H19BrClN5O2. The van der Waals surface area contributed by atoms with Gasteiger partial charge < -0.3 is 10.2 Å². The molecule has 0 unspecified atom stereocenters. The van der Waals surface area contributed by atoms with Crippen molar-refractivity contribution in [2.24, 2.45) is 7.05 Å². The van der Waals surface area contributed by atoms with E-state index in [1.165, 1.54) is 4.68 Å². The molecule has 1 fully saturated rings. The molecule has 1 amide bonds. The van der Waals surface area contributed by atoms with E-state index in [4.69, 9.17) is 11.6 Å². The molecule has 0 spiro atoms. The van der Waals surface area contributed by atoms with Crippen LogP contribution < -0.4 is 15.8 Å². The molecule has 138 valence electrons. The van der Waals surface area contributed by atoms with Crippen molar-refractivity contribution in [1.82, 2.24) is 14.7 Å². The summed E-state index contributed by atoms with van der Waals surface area (Å²) < 4.78 is 1.81. The first-order valence-corrected chi connectivity index (χ1v) is 9.35. The monoisotopic (exact) mass is 439 g/mol. The molecule has 9 heteroatoms. The Hall–Kier alpha value is -1.90. The lowest BCUT2D eigenvalue weighted by atomic mass is 10.2. The molecule has 2 aromatic rings. The van der Waals surface area contributed by atoms with Crippen LogP contribution in [0.5, 0.6) is 0 Å². The number of rotatable bonds is 4. The lowest BCUT2D eigenvalue weighted by Gasteiger charge is -2.35. The highest BCUT2D eigenvalue weighted by Gasteiger charge is 2.22. The van der Waals surface area contributed by atoms with Crippen LogP contribution in [0.2, 0.25) is 5.02 Å². The molecule has 1 aromatic carbocycles. The number of piperazine rings is 1. The predicted molar refractivity (Wildman–Crippen MR) is 106 cm³/mol. The predicted octanol–water partition coefficient (Wildman–Crippen LogP) is 1.96. The average Bonchev–Trinajstić information content (AvgIpc) is 2.63. The van der Waals surface area contributed by atoms with Crippen molar-refractivity contribution in [3.8, 4) is 0 Å². The fourth-order valence-electron chi connectivity index (χ4n) is 2.81. The van der Waals surface area contributed by atoms with E-state index in [2.05, 4.69) is 36.1 Å². The van der Waals surface area contributed by atoms with Gasteiger partial charge in [-0.2, -0.15) is 5.10 Å². The van der Waals surface area contributed by atoms with Crippen molar-refractivity contribution in [3.63, 3.8) is 0 Å². The Labute approximate surface area is 164 Å². The molecule has 1 aliphatic heterocycles. The summed E-state index contributed by atoms with van der Waals surface area (Å²) in [7, 11) is 1.62. The summed E-state index contributed by atoms with van der Waals surface area (Å²) in [6.07, 6.45) is 1.69. The fourth-order valence-corrected chi connectivity index (χ4v) is 3.54. The molecule has 1 aliphatic rings. The van der Waals surface area contributed by atoms with Crippen LogP contribution in [-0.4, -0.2) is 53.3 Å². The first-order valence-electron chi connectivity index (χ1n) is 8.18. The highest BCUT2D eigenvalue weighted by Crippen LogP contribution is 2.22. The van der Waals surface area contributed by atoms with Crippen LogP contribution >= 0.6 is 27.5 Å². The van der Waals surface area contributed by atoms with Crippen molar-refractivity contribution in [1.29, 1.82) is 0 Å². The maximum atomic E-state index is 12.2. The second-order valence-electron chi connectivity index (χ2n) is 6.09. The molecule has 0 radical (unpaired) electrons. The van der Waals surface area contributed by atoms with E-state index in [1.807, 2.05) is 0 Å². The average molecular weight is 441 g/mol. The van der Waals surface area contributed by atoms with Gasteiger partial charge in [0.2, 0.25) is 5.91 Å². The van der Waals surface area contributed by atoms with Gasteiger partial charge in [0, 0.05) is 43.9 Å². The highest BCUT2D eigenvalue weighted by molar-refractivity contribution is 9.10. The molecule has 0 saturated carbocycles. The van der Waals surface area contributed by atoms with Crippen LogP contribution in [0.1, 0.15) is 0 Å². The van der Waals surface area contributed by atoms with Gasteiger partial charge in [-0.05, 0) is 40.2 Å². The Morgan fingerprint density at radius 3 is 2.54 bits per heavy atom. The van der Waals surface area contributed by atoms with Gasteiger partial charge >= 0.3 is 0 Å². The molecular weight excluding hydrogens is 422 g/mol. The number of hydrogen-bond donors (Lipinski definition) is 1. The summed E-state index contributed by atoms with van der Waals surface area (Å²) in [5.74, 6) is -0.0581. The standard InChI is InChI=1S/C17H19BrClN5O2/c1-22-17(26)16(18)14(10-20-22)24-8-6-23(7-9-24)11-15(25)21-13-4-2-12(19)3-5-13/h2-5,10H,6-9,11H2,1H3,(H,21,25). The first kappa shape index (κ1) is 18.9. The zero-order valence-electron chi connectivity index (χ0n) is 14.3. The summed E-state index contributed by atoms with van der Waals surface area (Å²) >= 11 is 9.21. The zero-order chi connectivity index (χ0) is 18.7. The highest BCUT2D eigenvalue weighted by atomic mass is 79.9. The fraction of sp³-hybridized carbons (Fsp3) is 0.353. The normalized spacial score (nSPS) is 15.1. The molecule has 2 heterocycles. The Balaban J connectivity index is 1.54. The van der Waals surface area contributed by atoms with Crippen LogP contribution in [0.3, 0.4) is 0 Å². The third-order valence-corrected chi connectivity index (χ3v) is 5.27.